The standard InChI is InChI=1S/C15H19/c1-12-5-4-6-14(11-12)13-7-9-15(2,3)10-8-13/h4-7,11H,1,8-10H2,2-3H3. The maximum absolute atomic E-state index is 3.98. The monoisotopic (exact) mass is 199 g/mol. The largest absolute Gasteiger partial charge is 0.0802 e. The SMILES string of the molecule is [CH2]c1cccc(C2=CCC(C)(C)CC2)c1. The molecule has 0 nitrogen and oxygen atoms in total. The highest BCUT2D eigenvalue weighted by Gasteiger charge is 2.21. The first-order valence-electron chi connectivity index (χ1n) is 5.68. The van der Waals surface area contributed by atoms with Gasteiger partial charge in [-0.2, -0.15) is 0 Å². The summed E-state index contributed by atoms with van der Waals surface area (Å²) in [6, 6.07) is 8.53. The third-order valence-corrected chi connectivity index (χ3v) is 3.27. The Labute approximate surface area is 93.0 Å². The molecule has 1 radical (unpaired) electrons. The van der Waals surface area contributed by atoms with E-state index in [-0.39, 0.29) is 0 Å². The van der Waals surface area contributed by atoms with Crippen LogP contribution in [-0.4, -0.2) is 0 Å². The molecular formula is C15H19. The quantitative estimate of drug-likeness (QED) is 0.626. The molecule has 79 valence electrons. The van der Waals surface area contributed by atoms with E-state index in [2.05, 4.69) is 51.1 Å². The molecule has 1 aromatic carbocycles. The maximum Gasteiger partial charge on any atom is -0.0225 e. The fourth-order valence-electron chi connectivity index (χ4n) is 2.11. The number of allylic oxidation sites excluding steroid dienone is 2. The summed E-state index contributed by atoms with van der Waals surface area (Å²) >= 11 is 0. The van der Waals surface area contributed by atoms with Gasteiger partial charge in [0.25, 0.3) is 0 Å². The molecule has 1 aliphatic rings. The molecule has 0 aliphatic heterocycles. The fraction of sp³-hybridized carbons (Fsp3) is 0.400. The van der Waals surface area contributed by atoms with Crippen LogP contribution in [0.2, 0.25) is 0 Å². The van der Waals surface area contributed by atoms with E-state index in [4.69, 9.17) is 0 Å². The highest BCUT2D eigenvalue weighted by atomic mass is 14.3. The van der Waals surface area contributed by atoms with E-state index in [0.29, 0.717) is 5.41 Å². The minimum absolute atomic E-state index is 0.492. The molecule has 0 aromatic heterocycles. The summed E-state index contributed by atoms with van der Waals surface area (Å²) in [6.07, 6.45) is 6.10. The number of hydrogen-bond donors (Lipinski definition) is 0. The molecule has 0 unspecified atom stereocenters. The Morgan fingerprint density at radius 1 is 1.27 bits per heavy atom. The summed E-state index contributed by atoms with van der Waals surface area (Å²) in [7, 11) is 0. The summed E-state index contributed by atoms with van der Waals surface area (Å²) in [6.45, 7) is 8.67. The van der Waals surface area contributed by atoms with Crippen LogP contribution in [0.5, 0.6) is 0 Å². The van der Waals surface area contributed by atoms with Crippen LogP contribution in [0.3, 0.4) is 0 Å². The Morgan fingerprint density at radius 3 is 2.67 bits per heavy atom. The minimum Gasteiger partial charge on any atom is -0.0802 e. The number of rotatable bonds is 1. The molecular weight excluding hydrogens is 180 g/mol. The van der Waals surface area contributed by atoms with Crippen molar-refractivity contribution in [2.45, 2.75) is 33.1 Å². The van der Waals surface area contributed by atoms with Crippen LogP contribution in [-0.2, 0) is 0 Å². The van der Waals surface area contributed by atoms with Crippen molar-refractivity contribution in [2.24, 2.45) is 5.41 Å². The molecule has 0 saturated heterocycles. The van der Waals surface area contributed by atoms with Crippen molar-refractivity contribution in [1.82, 2.24) is 0 Å². The van der Waals surface area contributed by atoms with Gasteiger partial charge in [0, 0.05) is 0 Å². The third-order valence-electron chi connectivity index (χ3n) is 3.27. The molecule has 0 N–H and O–H groups in total. The van der Waals surface area contributed by atoms with Gasteiger partial charge in [0.2, 0.25) is 0 Å². The lowest BCUT2D eigenvalue weighted by Gasteiger charge is -2.28. The maximum atomic E-state index is 3.98. The highest BCUT2D eigenvalue weighted by Crippen LogP contribution is 2.37. The van der Waals surface area contributed by atoms with Crippen LogP contribution < -0.4 is 0 Å². The Bertz CT molecular complexity index is 383. The van der Waals surface area contributed by atoms with Crippen LogP contribution in [0.15, 0.2) is 30.3 Å². The summed E-state index contributed by atoms with van der Waals surface area (Å²) < 4.78 is 0. The normalized spacial score (nSPS) is 19.8. The van der Waals surface area contributed by atoms with Crippen LogP contribution in [0, 0.1) is 12.3 Å². The molecule has 0 heterocycles. The molecule has 2 rings (SSSR count). The molecule has 0 bridgehead atoms. The van der Waals surface area contributed by atoms with Gasteiger partial charge in [0.1, 0.15) is 0 Å². The van der Waals surface area contributed by atoms with Crippen molar-refractivity contribution in [3.8, 4) is 0 Å². The van der Waals surface area contributed by atoms with Crippen LogP contribution in [0.4, 0.5) is 0 Å². The summed E-state index contributed by atoms with van der Waals surface area (Å²) in [4.78, 5) is 0. The molecule has 0 fully saturated rings. The number of hydrogen-bond acceptors (Lipinski definition) is 0. The van der Waals surface area contributed by atoms with Crippen molar-refractivity contribution < 1.29 is 0 Å². The molecule has 1 aromatic rings. The van der Waals surface area contributed by atoms with Crippen LogP contribution >= 0.6 is 0 Å². The van der Waals surface area contributed by atoms with E-state index in [0.717, 1.165) is 5.56 Å². The van der Waals surface area contributed by atoms with E-state index < -0.39 is 0 Å². The van der Waals surface area contributed by atoms with Gasteiger partial charge in [0.05, 0.1) is 0 Å². The zero-order chi connectivity index (χ0) is 10.9. The minimum atomic E-state index is 0.492. The van der Waals surface area contributed by atoms with Crippen molar-refractivity contribution in [3.63, 3.8) is 0 Å². The van der Waals surface area contributed by atoms with Crippen molar-refractivity contribution in [3.05, 3.63) is 48.4 Å². The van der Waals surface area contributed by atoms with E-state index in [1.165, 1.54) is 30.4 Å². The van der Waals surface area contributed by atoms with Gasteiger partial charge in [-0.3, -0.25) is 0 Å². The van der Waals surface area contributed by atoms with Crippen LogP contribution in [0.1, 0.15) is 44.2 Å². The van der Waals surface area contributed by atoms with Gasteiger partial charge in [-0.25, -0.2) is 0 Å². The third kappa shape index (κ3) is 2.50. The van der Waals surface area contributed by atoms with Crippen molar-refractivity contribution in [1.29, 1.82) is 0 Å². The first-order valence-corrected chi connectivity index (χ1v) is 5.68. The fourth-order valence-corrected chi connectivity index (χ4v) is 2.11. The zero-order valence-electron chi connectivity index (χ0n) is 9.72. The van der Waals surface area contributed by atoms with Gasteiger partial charge < -0.3 is 0 Å². The first kappa shape index (κ1) is 10.5. The average Bonchev–Trinajstić information content (AvgIpc) is 2.17. The average molecular weight is 199 g/mol. The van der Waals surface area contributed by atoms with Gasteiger partial charge in [-0.15, -0.1) is 0 Å². The van der Waals surface area contributed by atoms with E-state index in [1.54, 1.807) is 0 Å². The topological polar surface area (TPSA) is 0 Å². The molecule has 1 aliphatic carbocycles. The lowest BCUT2D eigenvalue weighted by atomic mass is 9.77. The van der Waals surface area contributed by atoms with Crippen molar-refractivity contribution >= 4 is 5.57 Å². The summed E-state index contributed by atoms with van der Waals surface area (Å²) in [5, 5.41) is 0. The van der Waals surface area contributed by atoms with Gasteiger partial charge in [-0.05, 0) is 48.3 Å². The Hall–Kier alpha value is -1.04. The summed E-state index contributed by atoms with van der Waals surface area (Å²) in [5.74, 6) is 0. The van der Waals surface area contributed by atoms with Crippen molar-refractivity contribution in [2.75, 3.05) is 0 Å². The Kier molecular flexibility index (Phi) is 2.68. The highest BCUT2D eigenvalue weighted by molar-refractivity contribution is 5.67. The van der Waals surface area contributed by atoms with E-state index >= 15 is 0 Å². The second-order valence-corrected chi connectivity index (χ2v) is 5.30. The molecule has 0 heteroatoms. The second kappa shape index (κ2) is 3.84. The lowest BCUT2D eigenvalue weighted by Crippen LogP contribution is -2.14. The lowest BCUT2D eigenvalue weighted by molar-refractivity contribution is 0.335. The van der Waals surface area contributed by atoms with Crippen LogP contribution in [0.25, 0.3) is 5.57 Å². The van der Waals surface area contributed by atoms with Gasteiger partial charge in [-0.1, -0.05) is 44.2 Å². The second-order valence-electron chi connectivity index (χ2n) is 5.30. The molecule has 0 saturated carbocycles. The number of benzene rings is 1. The zero-order valence-corrected chi connectivity index (χ0v) is 9.72. The summed E-state index contributed by atoms with van der Waals surface area (Å²) in [5.41, 5.74) is 4.46. The molecule has 0 atom stereocenters. The smallest absolute Gasteiger partial charge is 0.0225 e. The molecule has 0 spiro atoms. The van der Waals surface area contributed by atoms with Gasteiger partial charge >= 0.3 is 0 Å². The Balaban J connectivity index is 2.23. The van der Waals surface area contributed by atoms with Gasteiger partial charge in [0.15, 0.2) is 0 Å². The predicted octanol–water partition coefficient (Wildman–Crippen LogP) is 4.46. The molecule has 15 heavy (non-hydrogen) atoms. The van der Waals surface area contributed by atoms with E-state index in [9.17, 15) is 0 Å². The van der Waals surface area contributed by atoms with E-state index in [1.807, 2.05) is 0 Å². The predicted molar refractivity (Wildman–Crippen MR) is 66.5 cm³/mol. The first-order chi connectivity index (χ1) is 7.07. The Morgan fingerprint density at radius 2 is 2.07 bits per heavy atom. The molecule has 0 amide bonds.